The van der Waals surface area contributed by atoms with Crippen LogP contribution in [0.15, 0.2) is 28.7 Å². The second-order valence-electron chi connectivity index (χ2n) is 3.63. The molecule has 0 bridgehead atoms. The molecule has 0 fully saturated rings. The van der Waals surface area contributed by atoms with Crippen LogP contribution in [0, 0.1) is 0 Å². The topological polar surface area (TPSA) is 26.0 Å². The van der Waals surface area contributed by atoms with E-state index in [2.05, 4.69) is 48.0 Å². The summed E-state index contributed by atoms with van der Waals surface area (Å²) >= 11 is 5.45. The molecule has 1 nitrogen and oxygen atoms in total. The van der Waals surface area contributed by atoms with E-state index in [0.717, 1.165) is 4.47 Å². The summed E-state index contributed by atoms with van der Waals surface area (Å²) in [7, 11) is 0. The summed E-state index contributed by atoms with van der Waals surface area (Å²) in [6.07, 6.45) is 1.19. The van der Waals surface area contributed by atoms with E-state index in [9.17, 15) is 0 Å². The smallest absolute Gasteiger partial charge is 0.0422 e. The summed E-state index contributed by atoms with van der Waals surface area (Å²) in [4.78, 5) is 0. The molecular weight excluding hydrogens is 270 g/mol. The number of rotatable bonds is 5. The van der Waals surface area contributed by atoms with Gasteiger partial charge in [0.25, 0.3) is 0 Å². The van der Waals surface area contributed by atoms with Gasteiger partial charge in [-0.25, -0.2) is 0 Å². The van der Waals surface area contributed by atoms with Gasteiger partial charge in [-0.15, -0.1) is 11.8 Å². The Hall–Kier alpha value is 0.01000. The Morgan fingerprint density at radius 2 is 2.20 bits per heavy atom. The van der Waals surface area contributed by atoms with Crippen molar-refractivity contribution in [1.82, 2.24) is 0 Å². The fourth-order valence-electron chi connectivity index (χ4n) is 1.35. The monoisotopic (exact) mass is 287 g/mol. The summed E-state index contributed by atoms with van der Waals surface area (Å²) in [5, 5.41) is 1.08. The molecule has 2 unspecified atom stereocenters. The lowest BCUT2D eigenvalue weighted by molar-refractivity contribution is 0.874. The van der Waals surface area contributed by atoms with Crippen molar-refractivity contribution in [3.05, 3.63) is 34.3 Å². The minimum Gasteiger partial charge on any atom is -0.329 e. The van der Waals surface area contributed by atoms with Crippen molar-refractivity contribution >= 4 is 27.7 Å². The Morgan fingerprint density at radius 1 is 1.47 bits per heavy atom. The van der Waals surface area contributed by atoms with Gasteiger partial charge in [-0.1, -0.05) is 41.9 Å². The Morgan fingerprint density at radius 3 is 2.73 bits per heavy atom. The highest BCUT2D eigenvalue weighted by Crippen LogP contribution is 2.33. The van der Waals surface area contributed by atoms with Crippen LogP contribution in [0.3, 0.4) is 0 Å². The third kappa shape index (κ3) is 4.17. The van der Waals surface area contributed by atoms with E-state index in [1.165, 1.54) is 12.0 Å². The molecule has 0 spiro atoms. The first-order valence-corrected chi connectivity index (χ1v) is 7.02. The summed E-state index contributed by atoms with van der Waals surface area (Å²) in [6, 6.07) is 8.43. The van der Waals surface area contributed by atoms with Crippen molar-refractivity contribution in [2.24, 2.45) is 5.73 Å². The highest BCUT2D eigenvalue weighted by atomic mass is 79.9. The van der Waals surface area contributed by atoms with Crippen LogP contribution in [0.4, 0.5) is 0 Å². The fraction of sp³-hybridized carbons (Fsp3) is 0.500. The van der Waals surface area contributed by atoms with Gasteiger partial charge in [0, 0.05) is 21.5 Å². The van der Waals surface area contributed by atoms with Crippen molar-refractivity contribution in [3.8, 4) is 0 Å². The van der Waals surface area contributed by atoms with E-state index < -0.39 is 0 Å². The Bertz CT molecular complexity index is 303. The molecule has 0 aromatic heterocycles. The molecule has 1 aromatic carbocycles. The first-order valence-electron chi connectivity index (χ1n) is 5.28. The molecule has 0 radical (unpaired) electrons. The summed E-state index contributed by atoms with van der Waals surface area (Å²) in [5.41, 5.74) is 7.14. The number of benzene rings is 1. The molecule has 1 rings (SSSR count). The van der Waals surface area contributed by atoms with Crippen LogP contribution in [-0.2, 0) is 0 Å². The van der Waals surface area contributed by atoms with Crippen molar-refractivity contribution in [2.75, 3.05) is 6.54 Å². The van der Waals surface area contributed by atoms with Crippen LogP contribution in [0.1, 0.15) is 31.1 Å². The number of hydrogen-bond acceptors (Lipinski definition) is 2. The minimum atomic E-state index is 0.414. The molecule has 0 heterocycles. The summed E-state index contributed by atoms with van der Waals surface area (Å²) < 4.78 is 1.13. The van der Waals surface area contributed by atoms with E-state index in [-0.39, 0.29) is 0 Å². The van der Waals surface area contributed by atoms with Gasteiger partial charge < -0.3 is 5.73 Å². The summed E-state index contributed by atoms with van der Waals surface area (Å²) in [5.74, 6) is 0. The van der Waals surface area contributed by atoms with Gasteiger partial charge in [0.15, 0.2) is 0 Å². The van der Waals surface area contributed by atoms with Crippen molar-refractivity contribution < 1.29 is 0 Å². The predicted molar refractivity (Wildman–Crippen MR) is 73.3 cm³/mol. The molecule has 0 saturated carbocycles. The van der Waals surface area contributed by atoms with Gasteiger partial charge in [0.1, 0.15) is 0 Å². The molecule has 3 heteroatoms. The van der Waals surface area contributed by atoms with Crippen LogP contribution >= 0.6 is 27.7 Å². The molecule has 0 amide bonds. The van der Waals surface area contributed by atoms with Crippen LogP contribution < -0.4 is 5.73 Å². The summed E-state index contributed by atoms with van der Waals surface area (Å²) in [6.45, 7) is 5.17. The molecule has 2 N–H and O–H groups in total. The van der Waals surface area contributed by atoms with Gasteiger partial charge in [-0.2, -0.15) is 0 Å². The molecule has 84 valence electrons. The third-order valence-electron chi connectivity index (χ3n) is 2.41. The van der Waals surface area contributed by atoms with E-state index in [4.69, 9.17) is 5.73 Å². The first-order chi connectivity index (χ1) is 7.17. The number of thioether (sulfide) groups is 1. The fourth-order valence-corrected chi connectivity index (χ4v) is 2.94. The van der Waals surface area contributed by atoms with Gasteiger partial charge in [-0.3, -0.25) is 0 Å². The third-order valence-corrected chi connectivity index (χ3v) is 4.49. The van der Waals surface area contributed by atoms with Crippen LogP contribution in [0.25, 0.3) is 0 Å². The van der Waals surface area contributed by atoms with Crippen molar-refractivity contribution in [2.45, 2.75) is 30.8 Å². The minimum absolute atomic E-state index is 0.414. The maximum atomic E-state index is 5.82. The molecule has 2 atom stereocenters. The van der Waals surface area contributed by atoms with Gasteiger partial charge in [0.05, 0.1) is 0 Å². The van der Waals surface area contributed by atoms with Crippen LogP contribution in [0.5, 0.6) is 0 Å². The first kappa shape index (κ1) is 13.1. The number of hydrogen-bond donors (Lipinski definition) is 1. The zero-order chi connectivity index (χ0) is 11.3. The zero-order valence-corrected chi connectivity index (χ0v) is 11.6. The number of nitrogens with two attached hydrogens (primary N) is 1. The molecule has 15 heavy (non-hydrogen) atoms. The number of halogens is 1. The maximum absolute atomic E-state index is 5.82. The van der Waals surface area contributed by atoms with Gasteiger partial charge >= 0.3 is 0 Å². The van der Waals surface area contributed by atoms with E-state index in [1.807, 2.05) is 17.8 Å². The molecule has 0 aliphatic heterocycles. The second kappa shape index (κ2) is 6.56. The highest BCUT2D eigenvalue weighted by Gasteiger charge is 2.13. The quantitative estimate of drug-likeness (QED) is 0.887. The van der Waals surface area contributed by atoms with Gasteiger partial charge in [-0.05, 0) is 24.1 Å². The normalized spacial score (nSPS) is 14.9. The predicted octanol–water partition coefficient (Wildman–Crippen LogP) is 3.98. The SMILES string of the molecule is CCC(C)SC(CN)c1cccc(Br)c1. The van der Waals surface area contributed by atoms with Crippen LogP contribution in [-0.4, -0.2) is 11.8 Å². The maximum Gasteiger partial charge on any atom is 0.0422 e. The second-order valence-corrected chi connectivity index (χ2v) is 6.20. The van der Waals surface area contributed by atoms with Crippen molar-refractivity contribution in [3.63, 3.8) is 0 Å². The molecule has 0 saturated heterocycles. The molecule has 1 aromatic rings. The standard InChI is InChI=1S/C12H18BrNS/c1-3-9(2)15-12(8-14)10-5-4-6-11(13)7-10/h4-7,9,12H,3,8,14H2,1-2H3. The molecule has 0 aliphatic rings. The molecular formula is C12H18BrNS. The zero-order valence-electron chi connectivity index (χ0n) is 9.24. The Balaban J connectivity index is 2.73. The lowest BCUT2D eigenvalue weighted by atomic mass is 10.1. The largest absolute Gasteiger partial charge is 0.329 e. The average Bonchev–Trinajstić information content (AvgIpc) is 2.25. The molecule has 0 aliphatic carbocycles. The lowest BCUT2D eigenvalue weighted by Crippen LogP contribution is -2.12. The van der Waals surface area contributed by atoms with E-state index in [0.29, 0.717) is 17.0 Å². The van der Waals surface area contributed by atoms with Gasteiger partial charge in [0.2, 0.25) is 0 Å². The van der Waals surface area contributed by atoms with E-state index in [1.54, 1.807) is 0 Å². The van der Waals surface area contributed by atoms with Crippen LogP contribution in [0.2, 0.25) is 0 Å². The highest BCUT2D eigenvalue weighted by molar-refractivity contribution is 9.10. The van der Waals surface area contributed by atoms with Crippen molar-refractivity contribution in [1.29, 1.82) is 0 Å². The average molecular weight is 288 g/mol. The van der Waals surface area contributed by atoms with E-state index >= 15 is 0 Å². The lowest BCUT2D eigenvalue weighted by Gasteiger charge is -2.19. The Kier molecular flexibility index (Phi) is 5.72. The Labute approximate surface area is 105 Å².